The van der Waals surface area contributed by atoms with Gasteiger partial charge in [-0.3, -0.25) is 4.79 Å². The monoisotopic (exact) mass is 180 g/mol. The van der Waals surface area contributed by atoms with Crippen molar-refractivity contribution in [1.82, 2.24) is 0 Å². The molecule has 2 aliphatic rings. The average molecular weight is 180 g/mol. The second-order valence-corrected chi connectivity index (χ2v) is 4.29. The van der Waals surface area contributed by atoms with Crippen LogP contribution in [0.15, 0.2) is 11.6 Å². The Labute approximate surface area is 79.0 Å². The number of allylic oxidation sites excluding steroid dienone is 1. The Morgan fingerprint density at radius 1 is 1.77 bits per heavy atom. The van der Waals surface area contributed by atoms with Crippen molar-refractivity contribution < 1.29 is 9.53 Å². The van der Waals surface area contributed by atoms with Gasteiger partial charge in [0.05, 0.1) is 12.0 Å². The average Bonchev–Trinajstić information content (AvgIpc) is 2.64. The fraction of sp³-hybridized carbons (Fsp3) is 0.727. The van der Waals surface area contributed by atoms with Crippen molar-refractivity contribution >= 4 is 5.97 Å². The van der Waals surface area contributed by atoms with Crippen molar-refractivity contribution in [3.8, 4) is 0 Å². The summed E-state index contributed by atoms with van der Waals surface area (Å²) in [6, 6.07) is 0. The topological polar surface area (TPSA) is 26.3 Å². The molecule has 2 aliphatic carbocycles. The van der Waals surface area contributed by atoms with E-state index in [0.717, 1.165) is 12.8 Å². The third-order valence-corrected chi connectivity index (χ3v) is 3.34. The van der Waals surface area contributed by atoms with Gasteiger partial charge >= 0.3 is 5.97 Å². The highest BCUT2D eigenvalue weighted by atomic mass is 16.5. The van der Waals surface area contributed by atoms with E-state index in [0.29, 0.717) is 12.5 Å². The molecule has 0 aromatic heterocycles. The molecule has 2 atom stereocenters. The van der Waals surface area contributed by atoms with Crippen LogP contribution < -0.4 is 0 Å². The van der Waals surface area contributed by atoms with E-state index in [9.17, 15) is 4.79 Å². The number of carbonyl (C=O) groups is 1. The zero-order valence-corrected chi connectivity index (χ0v) is 8.30. The Bertz CT molecular complexity index is 267. The zero-order valence-electron chi connectivity index (χ0n) is 8.30. The molecule has 2 rings (SSSR count). The van der Waals surface area contributed by atoms with Crippen LogP contribution in [0, 0.1) is 11.3 Å². The molecule has 2 heteroatoms. The van der Waals surface area contributed by atoms with Crippen LogP contribution in [0.1, 0.15) is 33.1 Å². The first-order chi connectivity index (χ1) is 6.16. The minimum absolute atomic E-state index is 0.0246. The van der Waals surface area contributed by atoms with Gasteiger partial charge in [-0.2, -0.15) is 0 Å². The summed E-state index contributed by atoms with van der Waals surface area (Å²) in [6.07, 6.45) is 5.52. The smallest absolute Gasteiger partial charge is 0.315 e. The lowest BCUT2D eigenvalue weighted by Crippen LogP contribution is -2.30. The molecular formula is C11H16O2. The summed E-state index contributed by atoms with van der Waals surface area (Å²) in [5, 5.41) is 0. The van der Waals surface area contributed by atoms with Crippen molar-refractivity contribution in [2.75, 3.05) is 6.61 Å². The van der Waals surface area contributed by atoms with Gasteiger partial charge in [0.1, 0.15) is 0 Å². The van der Waals surface area contributed by atoms with E-state index in [4.69, 9.17) is 4.74 Å². The van der Waals surface area contributed by atoms with Crippen LogP contribution in [0.3, 0.4) is 0 Å². The molecule has 13 heavy (non-hydrogen) atoms. The summed E-state index contributed by atoms with van der Waals surface area (Å²) in [6.45, 7) is 4.38. The first-order valence-corrected chi connectivity index (χ1v) is 5.03. The standard InChI is InChI=1S/C11H16O2/c1-3-13-10(12)11(2)7-8-4-5-9(11)6-8/h5,8H,3-4,6-7H2,1-2H3. The first kappa shape index (κ1) is 8.79. The van der Waals surface area contributed by atoms with Gasteiger partial charge in [0.25, 0.3) is 0 Å². The Hall–Kier alpha value is -0.790. The van der Waals surface area contributed by atoms with Gasteiger partial charge in [-0.1, -0.05) is 11.6 Å². The second kappa shape index (κ2) is 2.86. The lowest BCUT2D eigenvalue weighted by Gasteiger charge is -2.25. The molecular weight excluding hydrogens is 164 g/mol. The van der Waals surface area contributed by atoms with Crippen molar-refractivity contribution in [3.63, 3.8) is 0 Å². The van der Waals surface area contributed by atoms with E-state index in [2.05, 4.69) is 6.08 Å². The quantitative estimate of drug-likeness (QED) is 0.481. The minimum Gasteiger partial charge on any atom is -0.465 e. The van der Waals surface area contributed by atoms with Crippen molar-refractivity contribution in [3.05, 3.63) is 11.6 Å². The van der Waals surface area contributed by atoms with E-state index in [-0.39, 0.29) is 11.4 Å². The molecule has 72 valence electrons. The highest BCUT2D eigenvalue weighted by Gasteiger charge is 2.48. The van der Waals surface area contributed by atoms with Crippen LogP contribution >= 0.6 is 0 Å². The lowest BCUT2D eigenvalue weighted by atomic mass is 9.81. The van der Waals surface area contributed by atoms with E-state index in [1.54, 1.807) is 0 Å². The minimum atomic E-state index is -0.279. The third-order valence-electron chi connectivity index (χ3n) is 3.34. The Kier molecular flexibility index (Phi) is 1.94. The maximum absolute atomic E-state index is 11.7. The van der Waals surface area contributed by atoms with Crippen molar-refractivity contribution in [2.45, 2.75) is 33.1 Å². The van der Waals surface area contributed by atoms with Crippen LogP contribution in [0.2, 0.25) is 0 Å². The third kappa shape index (κ3) is 1.19. The van der Waals surface area contributed by atoms with E-state index in [1.807, 2.05) is 13.8 Å². The molecule has 0 aromatic rings. The van der Waals surface area contributed by atoms with Gasteiger partial charge in [0, 0.05) is 0 Å². The fourth-order valence-electron chi connectivity index (χ4n) is 2.61. The lowest BCUT2D eigenvalue weighted by molar-refractivity contribution is -0.152. The van der Waals surface area contributed by atoms with Crippen LogP contribution in [0.5, 0.6) is 0 Å². The van der Waals surface area contributed by atoms with Gasteiger partial charge < -0.3 is 4.74 Å². The Morgan fingerprint density at radius 3 is 3.00 bits per heavy atom. The summed E-state index contributed by atoms with van der Waals surface area (Å²) in [5.41, 5.74) is 1.04. The summed E-state index contributed by atoms with van der Waals surface area (Å²) < 4.78 is 5.10. The van der Waals surface area contributed by atoms with E-state index >= 15 is 0 Å². The highest BCUT2D eigenvalue weighted by Crippen LogP contribution is 2.52. The molecule has 0 spiro atoms. The van der Waals surface area contributed by atoms with Crippen LogP contribution in [-0.2, 0) is 9.53 Å². The molecule has 0 heterocycles. The predicted octanol–water partition coefficient (Wildman–Crippen LogP) is 2.30. The molecule has 1 fully saturated rings. The molecule has 0 aromatic carbocycles. The van der Waals surface area contributed by atoms with E-state index in [1.165, 1.54) is 12.0 Å². The highest BCUT2D eigenvalue weighted by molar-refractivity contribution is 5.81. The first-order valence-electron chi connectivity index (χ1n) is 5.03. The number of rotatable bonds is 2. The molecule has 2 nitrogen and oxygen atoms in total. The van der Waals surface area contributed by atoms with Gasteiger partial charge in [-0.15, -0.1) is 0 Å². The zero-order chi connectivity index (χ0) is 9.47. The Morgan fingerprint density at radius 2 is 2.54 bits per heavy atom. The summed E-state index contributed by atoms with van der Waals surface area (Å²) >= 11 is 0. The van der Waals surface area contributed by atoms with Gasteiger partial charge in [0.2, 0.25) is 0 Å². The molecule has 0 N–H and O–H groups in total. The molecule has 1 saturated carbocycles. The van der Waals surface area contributed by atoms with Crippen molar-refractivity contribution in [1.29, 1.82) is 0 Å². The normalized spacial score (nSPS) is 36.2. The summed E-state index contributed by atoms with van der Waals surface area (Å²) in [7, 11) is 0. The summed E-state index contributed by atoms with van der Waals surface area (Å²) in [4.78, 5) is 11.7. The number of fused-ring (bicyclic) bond motifs is 2. The number of ether oxygens (including phenoxy) is 1. The van der Waals surface area contributed by atoms with Gasteiger partial charge in [-0.25, -0.2) is 0 Å². The predicted molar refractivity (Wildman–Crippen MR) is 50.2 cm³/mol. The molecule has 0 aliphatic heterocycles. The SMILES string of the molecule is CCOC(=O)C1(C)CC2CC=C1C2. The maximum Gasteiger partial charge on any atom is 0.315 e. The Balaban J connectivity index is 2.17. The molecule has 2 bridgehead atoms. The van der Waals surface area contributed by atoms with E-state index < -0.39 is 0 Å². The molecule has 0 radical (unpaired) electrons. The van der Waals surface area contributed by atoms with Gasteiger partial charge in [-0.05, 0) is 39.0 Å². The van der Waals surface area contributed by atoms with Crippen LogP contribution in [-0.4, -0.2) is 12.6 Å². The largest absolute Gasteiger partial charge is 0.465 e. The van der Waals surface area contributed by atoms with Crippen LogP contribution in [0.4, 0.5) is 0 Å². The maximum atomic E-state index is 11.7. The molecule has 0 saturated heterocycles. The fourth-order valence-corrected chi connectivity index (χ4v) is 2.61. The number of hydrogen-bond acceptors (Lipinski definition) is 2. The van der Waals surface area contributed by atoms with Crippen molar-refractivity contribution in [2.24, 2.45) is 11.3 Å². The summed E-state index contributed by atoms with van der Waals surface area (Å²) in [5.74, 6) is 0.688. The second-order valence-electron chi connectivity index (χ2n) is 4.29. The van der Waals surface area contributed by atoms with Gasteiger partial charge in [0.15, 0.2) is 0 Å². The molecule has 0 amide bonds. The van der Waals surface area contributed by atoms with Crippen LogP contribution in [0.25, 0.3) is 0 Å². The number of hydrogen-bond donors (Lipinski definition) is 0. The number of carbonyl (C=O) groups excluding carboxylic acids is 1. The molecule has 2 unspecified atom stereocenters. The number of esters is 1.